The van der Waals surface area contributed by atoms with Gasteiger partial charge in [-0.15, -0.1) is 0 Å². The topological polar surface area (TPSA) is 60.1 Å². The Hall–Kier alpha value is -2.92. The van der Waals surface area contributed by atoms with Gasteiger partial charge in [0.15, 0.2) is 5.78 Å². The number of carbonyl (C=O) groups excluding carboxylic acids is 1. The Labute approximate surface area is 157 Å². The molecule has 2 aromatic heterocycles. The third-order valence-corrected chi connectivity index (χ3v) is 5.48. The van der Waals surface area contributed by atoms with Gasteiger partial charge in [0, 0.05) is 52.4 Å². The average molecular weight is 359 g/mol. The SMILES string of the molecule is CCNCCn1c2ccc(-c3ncco3)cc2c2c3c(ccc21)C(=O)CC3. The molecular weight excluding hydrogens is 338 g/mol. The number of fused-ring (bicyclic) bond motifs is 5. The molecule has 0 radical (unpaired) electrons. The second kappa shape index (κ2) is 6.35. The van der Waals surface area contributed by atoms with Gasteiger partial charge in [0.1, 0.15) is 6.26 Å². The highest BCUT2D eigenvalue weighted by molar-refractivity contribution is 6.15. The van der Waals surface area contributed by atoms with E-state index < -0.39 is 0 Å². The summed E-state index contributed by atoms with van der Waals surface area (Å²) in [5, 5.41) is 5.79. The second-order valence-corrected chi connectivity index (χ2v) is 6.98. The summed E-state index contributed by atoms with van der Waals surface area (Å²) in [5.74, 6) is 0.874. The van der Waals surface area contributed by atoms with E-state index in [0.717, 1.165) is 37.2 Å². The Morgan fingerprint density at radius 2 is 2.07 bits per heavy atom. The van der Waals surface area contributed by atoms with Gasteiger partial charge < -0.3 is 14.3 Å². The maximum atomic E-state index is 12.3. The number of hydrogen-bond acceptors (Lipinski definition) is 4. The van der Waals surface area contributed by atoms with Crippen molar-refractivity contribution in [2.24, 2.45) is 0 Å². The van der Waals surface area contributed by atoms with Crippen molar-refractivity contribution in [3.05, 3.63) is 53.9 Å². The van der Waals surface area contributed by atoms with Gasteiger partial charge in [0.2, 0.25) is 5.89 Å². The third-order valence-electron chi connectivity index (χ3n) is 5.48. The summed E-state index contributed by atoms with van der Waals surface area (Å²) in [5.41, 5.74) is 5.41. The standard InChI is InChI=1S/C22H21N3O2/c1-2-23-9-11-25-18-6-3-14(22-24-10-12-27-22)13-17(18)21-16-5-8-20(26)15(16)4-7-19(21)25/h3-4,6-7,10,12-13,23H,2,5,8-9,11H2,1H3. The highest BCUT2D eigenvalue weighted by atomic mass is 16.3. The van der Waals surface area contributed by atoms with E-state index in [1.807, 2.05) is 6.07 Å². The molecule has 1 aliphatic rings. The molecular formula is C22H21N3O2. The number of carbonyl (C=O) groups is 1. The Morgan fingerprint density at radius 3 is 2.89 bits per heavy atom. The first-order valence-corrected chi connectivity index (χ1v) is 9.49. The van der Waals surface area contributed by atoms with Crippen molar-refractivity contribution in [2.75, 3.05) is 13.1 Å². The third kappa shape index (κ3) is 2.50. The summed E-state index contributed by atoms with van der Waals surface area (Å²) in [6, 6.07) is 10.5. The Bertz CT molecular complexity index is 1160. The molecule has 136 valence electrons. The molecule has 0 fully saturated rings. The van der Waals surface area contributed by atoms with Crippen molar-refractivity contribution >= 4 is 27.6 Å². The highest BCUT2D eigenvalue weighted by Gasteiger charge is 2.25. The van der Waals surface area contributed by atoms with Gasteiger partial charge in [0.25, 0.3) is 0 Å². The van der Waals surface area contributed by atoms with Crippen LogP contribution in [0.15, 0.2) is 47.2 Å². The lowest BCUT2D eigenvalue weighted by Crippen LogP contribution is -2.19. The number of nitrogens with zero attached hydrogens (tertiary/aromatic N) is 2. The predicted octanol–water partition coefficient (Wildman–Crippen LogP) is 4.19. The number of ketones is 1. The molecule has 0 aliphatic heterocycles. The van der Waals surface area contributed by atoms with Crippen LogP contribution in [0.3, 0.4) is 0 Å². The largest absolute Gasteiger partial charge is 0.445 e. The molecule has 0 saturated carbocycles. The van der Waals surface area contributed by atoms with Crippen LogP contribution >= 0.6 is 0 Å². The molecule has 4 aromatic rings. The van der Waals surface area contributed by atoms with Crippen molar-refractivity contribution in [1.29, 1.82) is 0 Å². The zero-order valence-corrected chi connectivity index (χ0v) is 15.3. The van der Waals surface area contributed by atoms with E-state index in [1.165, 1.54) is 27.4 Å². The average Bonchev–Trinajstić information content (AvgIpc) is 3.40. The fourth-order valence-electron chi connectivity index (χ4n) is 4.26. The number of Topliss-reactive ketones (excluding diaryl/α,β-unsaturated/α-hetero) is 1. The van der Waals surface area contributed by atoms with E-state index in [1.54, 1.807) is 12.5 Å². The van der Waals surface area contributed by atoms with Crippen LogP contribution in [0.25, 0.3) is 33.3 Å². The van der Waals surface area contributed by atoms with E-state index in [0.29, 0.717) is 12.3 Å². The van der Waals surface area contributed by atoms with Gasteiger partial charge >= 0.3 is 0 Å². The van der Waals surface area contributed by atoms with Crippen LogP contribution in [0.1, 0.15) is 29.3 Å². The molecule has 2 aromatic carbocycles. The highest BCUT2D eigenvalue weighted by Crippen LogP contribution is 2.38. The summed E-state index contributed by atoms with van der Waals surface area (Å²) in [6.45, 7) is 4.87. The molecule has 5 rings (SSSR count). The van der Waals surface area contributed by atoms with Crippen molar-refractivity contribution in [3.63, 3.8) is 0 Å². The van der Waals surface area contributed by atoms with Crippen molar-refractivity contribution in [1.82, 2.24) is 14.9 Å². The quantitative estimate of drug-likeness (QED) is 0.543. The number of oxazole rings is 1. The molecule has 2 heterocycles. The zero-order valence-electron chi connectivity index (χ0n) is 15.3. The molecule has 0 bridgehead atoms. The summed E-state index contributed by atoms with van der Waals surface area (Å²) in [6.07, 6.45) is 4.68. The number of aromatic nitrogens is 2. The lowest BCUT2D eigenvalue weighted by Gasteiger charge is -2.08. The lowest BCUT2D eigenvalue weighted by molar-refractivity contribution is 0.0994. The van der Waals surface area contributed by atoms with Gasteiger partial charge in [-0.05, 0) is 48.9 Å². The van der Waals surface area contributed by atoms with Crippen LogP contribution < -0.4 is 5.32 Å². The van der Waals surface area contributed by atoms with Crippen LogP contribution in [0, 0.1) is 0 Å². The fourth-order valence-corrected chi connectivity index (χ4v) is 4.26. The number of hydrogen-bond donors (Lipinski definition) is 1. The Balaban J connectivity index is 1.79. The van der Waals surface area contributed by atoms with Crippen molar-refractivity contribution < 1.29 is 9.21 Å². The summed E-state index contributed by atoms with van der Waals surface area (Å²) >= 11 is 0. The first kappa shape index (κ1) is 16.3. The smallest absolute Gasteiger partial charge is 0.225 e. The molecule has 0 spiro atoms. The van der Waals surface area contributed by atoms with Gasteiger partial charge in [0.05, 0.1) is 6.20 Å². The molecule has 5 heteroatoms. The van der Waals surface area contributed by atoms with Crippen LogP contribution in [0.2, 0.25) is 0 Å². The van der Waals surface area contributed by atoms with Crippen LogP contribution in [-0.2, 0) is 13.0 Å². The maximum Gasteiger partial charge on any atom is 0.225 e. The lowest BCUT2D eigenvalue weighted by atomic mass is 10.0. The Kier molecular flexibility index (Phi) is 3.83. The molecule has 0 unspecified atom stereocenters. The fraction of sp³-hybridized carbons (Fsp3) is 0.273. The van der Waals surface area contributed by atoms with Crippen molar-refractivity contribution in [2.45, 2.75) is 26.3 Å². The molecule has 0 atom stereocenters. The number of rotatable bonds is 5. The number of likely N-dealkylation sites (N-methyl/N-ethyl adjacent to an activating group) is 1. The molecule has 0 saturated heterocycles. The number of nitrogens with one attached hydrogen (secondary N) is 1. The maximum absolute atomic E-state index is 12.3. The molecule has 1 aliphatic carbocycles. The first-order chi connectivity index (χ1) is 13.3. The van der Waals surface area contributed by atoms with E-state index in [-0.39, 0.29) is 5.78 Å². The van der Waals surface area contributed by atoms with E-state index in [9.17, 15) is 4.79 Å². The van der Waals surface area contributed by atoms with Crippen LogP contribution in [-0.4, -0.2) is 28.4 Å². The Morgan fingerprint density at radius 1 is 1.19 bits per heavy atom. The monoisotopic (exact) mass is 359 g/mol. The minimum atomic E-state index is 0.254. The van der Waals surface area contributed by atoms with Crippen LogP contribution in [0.5, 0.6) is 0 Å². The van der Waals surface area contributed by atoms with Gasteiger partial charge in [-0.2, -0.15) is 0 Å². The van der Waals surface area contributed by atoms with E-state index in [2.05, 4.69) is 46.1 Å². The zero-order chi connectivity index (χ0) is 18.4. The number of benzene rings is 2. The summed E-state index contributed by atoms with van der Waals surface area (Å²) in [7, 11) is 0. The second-order valence-electron chi connectivity index (χ2n) is 6.98. The normalized spacial score (nSPS) is 13.7. The minimum absolute atomic E-state index is 0.254. The van der Waals surface area contributed by atoms with Gasteiger partial charge in [-0.25, -0.2) is 4.98 Å². The van der Waals surface area contributed by atoms with Gasteiger partial charge in [-0.3, -0.25) is 4.79 Å². The van der Waals surface area contributed by atoms with Gasteiger partial charge in [-0.1, -0.05) is 6.92 Å². The van der Waals surface area contributed by atoms with E-state index >= 15 is 0 Å². The molecule has 0 amide bonds. The first-order valence-electron chi connectivity index (χ1n) is 9.49. The molecule has 5 nitrogen and oxygen atoms in total. The molecule has 1 N–H and O–H groups in total. The van der Waals surface area contributed by atoms with E-state index in [4.69, 9.17) is 4.42 Å². The van der Waals surface area contributed by atoms with Crippen LogP contribution in [0.4, 0.5) is 0 Å². The minimum Gasteiger partial charge on any atom is -0.445 e. The predicted molar refractivity (Wildman–Crippen MR) is 106 cm³/mol. The molecule has 27 heavy (non-hydrogen) atoms. The summed E-state index contributed by atoms with van der Waals surface area (Å²) in [4.78, 5) is 16.6. The van der Waals surface area contributed by atoms with Crippen molar-refractivity contribution in [3.8, 4) is 11.5 Å². The summed E-state index contributed by atoms with van der Waals surface area (Å²) < 4.78 is 7.85. The number of aryl methyl sites for hydroxylation is 1.